The Morgan fingerprint density at radius 2 is 1.90 bits per heavy atom. The Bertz CT molecular complexity index is 827. The number of rotatable bonds is 4. The molecule has 6 heteroatoms. The SMILES string of the molecule is Fc1cc(F)c2[nH]c(=S)n(CCOc3ccccc3)c2c1. The Morgan fingerprint density at radius 1 is 1.14 bits per heavy atom. The number of para-hydroxylation sites is 1. The molecule has 1 N–H and O–H groups in total. The summed E-state index contributed by atoms with van der Waals surface area (Å²) >= 11 is 5.15. The van der Waals surface area contributed by atoms with Crippen LogP contribution in [0.1, 0.15) is 0 Å². The number of ether oxygens (including phenoxy) is 1. The predicted molar refractivity (Wildman–Crippen MR) is 79.0 cm³/mol. The maximum absolute atomic E-state index is 13.7. The van der Waals surface area contributed by atoms with Gasteiger partial charge < -0.3 is 14.3 Å². The van der Waals surface area contributed by atoms with Crippen LogP contribution >= 0.6 is 12.2 Å². The Balaban J connectivity index is 1.84. The summed E-state index contributed by atoms with van der Waals surface area (Å²) in [7, 11) is 0. The zero-order valence-electron chi connectivity index (χ0n) is 11.0. The van der Waals surface area contributed by atoms with Gasteiger partial charge in [0.15, 0.2) is 10.6 Å². The van der Waals surface area contributed by atoms with Crippen molar-refractivity contribution >= 4 is 23.3 Å². The molecule has 3 aromatic rings. The lowest BCUT2D eigenvalue weighted by Gasteiger charge is -2.07. The summed E-state index contributed by atoms with van der Waals surface area (Å²) in [5, 5.41) is 0. The Hall–Kier alpha value is -2.21. The van der Waals surface area contributed by atoms with Crippen molar-refractivity contribution in [3.05, 3.63) is 58.9 Å². The summed E-state index contributed by atoms with van der Waals surface area (Å²) in [6.07, 6.45) is 0. The molecule has 1 aromatic heterocycles. The molecule has 0 bridgehead atoms. The molecule has 21 heavy (non-hydrogen) atoms. The van der Waals surface area contributed by atoms with Crippen molar-refractivity contribution in [3.8, 4) is 5.75 Å². The van der Waals surface area contributed by atoms with Crippen molar-refractivity contribution in [2.45, 2.75) is 6.54 Å². The van der Waals surface area contributed by atoms with E-state index in [1.165, 1.54) is 6.07 Å². The largest absolute Gasteiger partial charge is 0.492 e. The number of imidazole rings is 1. The highest BCUT2D eigenvalue weighted by Gasteiger charge is 2.10. The number of hydrogen-bond donors (Lipinski definition) is 1. The molecule has 0 spiro atoms. The second-order valence-corrected chi connectivity index (χ2v) is 4.91. The molecular weight excluding hydrogens is 294 g/mol. The number of nitrogens with zero attached hydrogens (tertiary/aromatic N) is 1. The third kappa shape index (κ3) is 2.80. The molecule has 0 radical (unpaired) electrons. The normalized spacial score (nSPS) is 11.0. The van der Waals surface area contributed by atoms with Gasteiger partial charge in [-0.25, -0.2) is 8.78 Å². The standard InChI is InChI=1S/C15H12F2N2OS/c16-10-8-12(17)14-13(9-10)19(15(21)18-14)6-7-20-11-4-2-1-3-5-11/h1-5,8-9H,6-7H2,(H,18,21). The highest BCUT2D eigenvalue weighted by molar-refractivity contribution is 7.71. The van der Waals surface area contributed by atoms with Crippen molar-refractivity contribution in [3.63, 3.8) is 0 Å². The minimum absolute atomic E-state index is 0.209. The summed E-state index contributed by atoms with van der Waals surface area (Å²) < 4.78 is 34.5. The summed E-state index contributed by atoms with van der Waals surface area (Å²) in [6.45, 7) is 0.750. The van der Waals surface area contributed by atoms with E-state index in [1.807, 2.05) is 30.3 Å². The third-order valence-electron chi connectivity index (χ3n) is 3.13. The Labute approximate surface area is 124 Å². The minimum atomic E-state index is -0.654. The molecule has 0 aliphatic rings. The molecule has 0 atom stereocenters. The number of benzene rings is 2. The number of aromatic nitrogens is 2. The van der Waals surface area contributed by atoms with Crippen LogP contribution in [0.15, 0.2) is 42.5 Å². The van der Waals surface area contributed by atoms with Crippen LogP contribution in [0.2, 0.25) is 0 Å². The van der Waals surface area contributed by atoms with Crippen LogP contribution < -0.4 is 4.74 Å². The number of H-pyrrole nitrogens is 1. The highest BCUT2D eigenvalue weighted by atomic mass is 32.1. The molecule has 0 aliphatic heterocycles. The first-order valence-electron chi connectivity index (χ1n) is 6.40. The quantitative estimate of drug-likeness (QED) is 0.737. The summed E-state index contributed by atoms with van der Waals surface area (Å²) in [5.74, 6) is -0.549. The van der Waals surface area contributed by atoms with Gasteiger partial charge in [0.2, 0.25) is 0 Å². The number of aromatic amines is 1. The number of nitrogens with one attached hydrogen (secondary N) is 1. The van der Waals surface area contributed by atoms with Crippen molar-refractivity contribution in [1.29, 1.82) is 0 Å². The van der Waals surface area contributed by atoms with Gasteiger partial charge in [0.05, 0.1) is 12.1 Å². The molecular formula is C15H12F2N2OS. The van der Waals surface area contributed by atoms with Crippen molar-refractivity contribution in [1.82, 2.24) is 9.55 Å². The first-order valence-corrected chi connectivity index (χ1v) is 6.81. The van der Waals surface area contributed by atoms with E-state index in [2.05, 4.69) is 4.98 Å². The fraction of sp³-hybridized carbons (Fsp3) is 0.133. The second-order valence-electron chi connectivity index (χ2n) is 4.53. The Morgan fingerprint density at radius 3 is 2.67 bits per heavy atom. The lowest BCUT2D eigenvalue weighted by atomic mass is 10.3. The van der Waals surface area contributed by atoms with Gasteiger partial charge in [0, 0.05) is 6.07 Å². The van der Waals surface area contributed by atoms with E-state index >= 15 is 0 Å². The molecule has 0 fully saturated rings. The first kappa shape index (κ1) is 13.8. The predicted octanol–water partition coefficient (Wildman–Crippen LogP) is 4.06. The maximum Gasteiger partial charge on any atom is 0.178 e. The molecule has 0 unspecified atom stereocenters. The fourth-order valence-electron chi connectivity index (χ4n) is 2.17. The number of hydrogen-bond acceptors (Lipinski definition) is 2. The van der Waals surface area contributed by atoms with Crippen molar-refractivity contribution in [2.24, 2.45) is 0 Å². The molecule has 1 heterocycles. The lowest BCUT2D eigenvalue weighted by Crippen LogP contribution is -2.08. The minimum Gasteiger partial charge on any atom is -0.492 e. The Kier molecular flexibility index (Phi) is 3.70. The van der Waals surface area contributed by atoms with Crippen LogP contribution in [0.5, 0.6) is 5.75 Å². The van der Waals surface area contributed by atoms with E-state index in [9.17, 15) is 8.78 Å². The molecule has 2 aromatic carbocycles. The molecule has 0 amide bonds. The van der Waals surface area contributed by atoms with Gasteiger partial charge in [-0.2, -0.15) is 0 Å². The molecule has 0 saturated carbocycles. The van der Waals surface area contributed by atoms with Crippen molar-refractivity contribution in [2.75, 3.05) is 6.61 Å². The first-order chi connectivity index (χ1) is 10.1. The van der Waals surface area contributed by atoms with E-state index in [0.717, 1.165) is 11.8 Å². The smallest absolute Gasteiger partial charge is 0.178 e. The molecule has 3 nitrogen and oxygen atoms in total. The van der Waals surface area contributed by atoms with E-state index in [4.69, 9.17) is 17.0 Å². The second kappa shape index (κ2) is 5.65. The van der Waals surface area contributed by atoms with E-state index in [-0.39, 0.29) is 5.52 Å². The van der Waals surface area contributed by atoms with Gasteiger partial charge in [-0.1, -0.05) is 18.2 Å². The van der Waals surface area contributed by atoms with Crippen LogP contribution in [-0.4, -0.2) is 16.2 Å². The van der Waals surface area contributed by atoms with Crippen LogP contribution in [0.4, 0.5) is 8.78 Å². The van der Waals surface area contributed by atoms with Gasteiger partial charge in [0.1, 0.15) is 23.7 Å². The fourth-order valence-corrected chi connectivity index (χ4v) is 2.47. The van der Waals surface area contributed by atoms with E-state index < -0.39 is 11.6 Å². The lowest BCUT2D eigenvalue weighted by molar-refractivity contribution is 0.299. The molecule has 3 rings (SSSR count). The molecule has 0 saturated heterocycles. The average Bonchev–Trinajstić information content (AvgIpc) is 2.77. The van der Waals surface area contributed by atoms with Crippen LogP contribution in [-0.2, 0) is 6.54 Å². The van der Waals surface area contributed by atoms with Crippen LogP contribution in [0.3, 0.4) is 0 Å². The van der Waals surface area contributed by atoms with Gasteiger partial charge in [-0.3, -0.25) is 0 Å². The summed E-state index contributed by atoms with van der Waals surface area (Å²) in [4.78, 5) is 2.75. The summed E-state index contributed by atoms with van der Waals surface area (Å²) in [6, 6.07) is 11.4. The summed E-state index contributed by atoms with van der Waals surface area (Å²) in [5.41, 5.74) is 0.607. The highest BCUT2D eigenvalue weighted by Crippen LogP contribution is 2.19. The monoisotopic (exact) mass is 306 g/mol. The zero-order chi connectivity index (χ0) is 14.8. The molecule has 108 valence electrons. The zero-order valence-corrected chi connectivity index (χ0v) is 11.8. The van der Waals surface area contributed by atoms with E-state index in [1.54, 1.807) is 4.57 Å². The number of fused-ring (bicyclic) bond motifs is 1. The van der Waals surface area contributed by atoms with E-state index in [0.29, 0.717) is 23.4 Å². The van der Waals surface area contributed by atoms with Gasteiger partial charge in [0.25, 0.3) is 0 Å². The van der Waals surface area contributed by atoms with Gasteiger partial charge in [-0.05, 0) is 30.4 Å². The van der Waals surface area contributed by atoms with Gasteiger partial charge >= 0.3 is 0 Å². The third-order valence-corrected chi connectivity index (χ3v) is 3.45. The topological polar surface area (TPSA) is 29.9 Å². The number of halogens is 2. The van der Waals surface area contributed by atoms with Crippen LogP contribution in [0, 0.1) is 16.4 Å². The maximum atomic E-state index is 13.7. The average molecular weight is 306 g/mol. The van der Waals surface area contributed by atoms with Gasteiger partial charge in [-0.15, -0.1) is 0 Å². The van der Waals surface area contributed by atoms with Crippen molar-refractivity contribution < 1.29 is 13.5 Å². The van der Waals surface area contributed by atoms with Crippen LogP contribution in [0.25, 0.3) is 11.0 Å². The molecule has 0 aliphatic carbocycles.